The van der Waals surface area contributed by atoms with Crippen LogP contribution in [0, 0.1) is 0 Å². The normalized spacial score (nSPS) is 19.5. The third-order valence-corrected chi connectivity index (χ3v) is 2.44. The molecule has 0 radical (unpaired) electrons. The molecule has 0 unspecified atom stereocenters. The van der Waals surface area contributed by atoms with Crippen LogP contribution in [0.25, 0.3) is 10.9 Å². The van der Waals surface area contributed by atoms with E-state index in [0.29, 0.717) is 9.86 Å². The predicted molar refractivity (Wildman–Crippen MR) is 55.0 cm³/mol. The lowest BCUT2D eigenvalue weighted by Crippen LogP contribution is -1.92. The van der Waals surface area contributed by atoms with Crippen LogP contribution in [-0.2, 0) is 6.98 Å². The van der Waals surface area contributed by atoms with Gasteiger partial charge in [-0.2, -0.15) is 5.10 Å². The maximum atomic E-state index is 7.39. The molecular weight excluding hydrogens is 232 g/mol. The predicted octanol–water partition coefficient (Wildman–Crippen LogP) is 2.34. The first-order valence-corrected chi connectivity index (χ1v) is 4.25. The quantitative estimate of drug-likeness (QED) is 0.773. The molecule has 0 bridgehead atoms. The zero-order valence-corrected chi connectivity index (χ0v) is 8.00. The number of aryl methyl sites for hydroxylation is 1. The van der Waals surface area contributed by atoms with E-state index in [1.54, 1.807) is 6.07 Å². The molecule has 0 N–H and O–H groups in total. The number of fused-ring (bicyclic) bond motifs is 1. The zero-order chi connectivity index (χ0) is 14.4. The number of hydrogen-bond acceptors (Lipinski definition) is 2. The number of hydrogen-bond donors (Lipinski definition) is 0. The van der Waals surface area contributed by atoms with Crippen LogP contribution in [0.3, 0.4) is 0 Å². The number of benzene rings is 1. The molecule has 0 amide bonds. The first-order valence-electron chi connectivity index (χ1n) is 6.45. The molecule has 1 heterocycles. The Kier molecular flexibility index (Phi) is 0.933. The van der Waals surface area contributed by atoms with Gasteiger partial charge in [0.2, 0.25) is 0 Å². The van der Waals surface area contributed by atoms with E-state index in [4.69, 9.17) is 13.0 Å². The molecule has 0 aliphatic heterocycles. The van der Waals surface area contributed by atoms with Gasteiger partial charge in [0.25, 0.3) is 0 Å². The van der Waals surface area contributed by atoms with Gasteiger partial charge in [-0.05, 0) is 12.1 Å². The van der Waals surface area contributed by atoms with Crippen molar-refractivity contribution in [1.29, 1.82) is 0 Å². The van der Waals surface area contributed by atoms with Crippen molar-refractivity contribution in [3.05, 3.63) is 22.8 Å². The third-order valence-electron chi connectivity index (χ3n) is 1.75. The van der Waals surface area contributed by atoms with Crippen LogP contribution in [0.1, 0.15) is 8.22 Å². The number of nitrogens with zero attached hydrogens (tertiary/aromatic N) is 2. The van der Waals surface area contributed by atoms with Gasteiger partial charge < -0.3 is 4.74 Å². The van der Waals surface area contributed by atoms with Crippen molar-refractivity contribution in [2.24, 2.45) is 6.98 Å². The van der Waals surface area contributed by atoms with Crippen molar-refractivity contribution in [2.45, 2.75) is 0 Å². The molecule has 13 heavy (non-hydrogen) atoms. The molecule has 2 aromatic rings. The number of halogens is 1. The molecule has 4 heteroatoms. The molecule has 0 atom stereocenters. The average Bonchev–Trinajstić information content (AvgIpc) is 2.65. The number of aromatic nitrogens is 2. The minimum atomic E-state index is -2.66. The van der Waals surface area contributed by atoms with E-state index in [0.717, 1.165) is 4.68 Å². The number of ether oxygens (including phenoxy) is 1. The van der Waals surface area contributed by atoms with Gasteiger partial charge >= 0.3 is 0 Å². The summed E-state index contributed by atoms with van der Waals surface area (Å²) in [5.74, 6) is -0.0492. The van der Waals surface area contributed by atoms with Crippen LogP contribution in [0.4, 0.5) is 0 Å². The monoisotopic (exact) mass is 246 g/mol. The SMILES string of the molecule is [2H]C([2H])([2H])Oc1ccc(Br)c2cnn(C([2H])([2H])[2H])c12. The van der Waals surface area contributed by atoms with Gasteiger partial charge in [-0.15, -0.1) is 0 Å². The molecule has 0 saturated carbocycles. The van der Waals surface area contributed by atoms with Gasteiger partial charge in [0.05, 0.1) is 17.3 Å². The molecule has 0 spiro atoms. The average molecular weight is 247 g/mol. The van der Waals surface area contributed by atoms with Gasteiger partial charge in [0.1, 0.15) is 11.3 Å². The van der Waals surface area contributed by atoms with Gasteiger partial charge in [0.15, 0.2) is 0 Å². The molecule has 0 saturated heterocycles. The Morgan fingerprint density at radius 3 is 3.31 bits per heavy atom. The van der Waals surface area contributed by atoms with Crippen LogP contribution < -0.4 is 4.74 Å². The second-order valence-electron chi connectivity index (χ2n) is 2.47. The highest BCUT2D eigenvalue weighted by Crippen LogP contribution is 2.30. The zero-order valence-electron chi connectivity index (χ0n) is 12.4. The van der Waals surface area contributed by atoms with E-state index < -0.39 is 14.0 Å². The van der Waals surface area contributed by atoms with Crippen LogP contribution in [0.15, 0.2) is 22.8 Å². The van der Waals surface area contributed by atoms with Crippen LogP contribution in [-0.4, -0.2) is 16.8 Å². The highest BCUT2D eigenvalue weighted by molar-refractivity contribution is 9.10. The minimum absolute atomic E-state index is 0.0492. The lowest BCUT2D eigenvalue weighted by molar-refractivity contribution is 0.417. The Balaban J connectivity index is 2.71. The van der Waals surface area contributed by atoms with E-state index in [-0.39, 0.29) is 11.3 Å². The topological polar surface area (TPSA) is 27.1 Å². The molecule has 1 aromatic carbocycles. The summed E-state index contributed by atoms with van der Waals surface area (Å²) in [6.07, 6.45) is 1.35. The van der Waals surface area contributed by atoms with E-state index in [2.05, 4.69) is 21.0 Å². The maximum Gasteiger partial charge on any atom is 0.144 e. The first-order chi connectivity index (χ1) is 8.59. The first kappa shape index (κ1) is 4.00. The van der Waals surface area contributed by atoms with Crippen molar-refractivity contribution in [1.82, 2.24) is 9.78 Å². The summed E-state index contributed by atoms with van der Waals surface area (Å²) in [7, 11) is -2.66. The Morgan fingerprint density at radius 2 is 2.54 bits per heavy atom. The fourth-order valence-corrected chi connectivity index (χ4v) is 1.58. The van der Waals surface area contributed by atoms with Crippen molar-refractivity contribution < 1.29 is 13.0 Å². The van der Waals surface area contributed by atoms with Crippen LogP contribution >= 0.6 is 15.9 Å². The third kappa shape index (κ3) is 1.21. The Hall–Kier alpha value is -1.03. The van der Waals surface area contributed by atoms with E-state index in [1.165, 1.54) is 12.3 Å². The van der Waals surface area contributed by atoms with Gasteiger partial charge in [0, 0.05) is 20.9 Å². The van der Waals surface area contributed by atoms with Gasteiger partial charge in [-0.3, -0.25) is 4.68 Å². The molecule has 3 nitrogen and oxygen atoms in total. The van der Waals surface area contributed by atoms with Crippen molar-refractivity contribution in [2.75, 3.05) is 7.04 Å². The lowest BCUT2D eigenvalue weighted by Gasteiger charge is -2.03. The highest BCUT2D eigenvalue weighted by Gasteiger charge is 2.08. The molecule has 68 valence electrons. The van der Waals surface area contributed by atoms with Crippen molar-refractivity contribution >= 4 is 26.8 Å². The summed E-state index contributed by atoms with van der Waals surface area (Å²) in [5, 5.41) is 4.25. The fourth-order valence-electron chi connectivity index (χ4n) is 1.16. The molecule has 0 aliphatic carbocycles. The summed E-state index contributed by atoms with van der Waals surface area (Å²) in [6, 6.07) is 2.97. The van der Waals surface area contributed by atoms with E-state index >= 15 is 0 Å². The summed E-state index contributed by atoms with van der Waals surface area (Å²) in [6.45, 7) is -2.52. The Bertz CT molecular complexity index is 617. The van der Waals surface area contributed by atoms with Crippen LogP contribution in [0.2, 0.25) is 0 Å². The number of rotatable bonds is 1. The molecule has 1 aromatic heterocycles. The number of methoxy groups -OCH3 is 1. The molecule has 0 fully saturated rings. The molecule has 2 rings (SSSR count). The van der Waals surface area contributed by atoms with Gasteiger partial charge in [-0.1, -0.05) is 15.9 Å². The molecule has 0 aliphatic rings. The largest absolute Gasteiger partial charge is 0.494 e. The maximum absolute atomic E-state index is 7.39. The fraction of sp³-hybridized carbons (Fsp3) is 0.222. The smallest absolute Gasteiger partial charge is 0.144 e. The van der Waals surface area contributed by atoms with E-state index in [1.807, 2.05) is 0 Å². The minimum Gasteiger partial charge on any atom is -0.494 e. The second-order valence-corrected chi connectivity index (χ2v) is 3.32. The Morgan fingerprint density at radius 1 is 1.62 bits per heavy atom. The summed E-state index contributed by atoms with van der Waals surface area (Å²) >= 11 is 3.26. The van der Waals surface area contributed by atoms with Gasteiger partial charge in [-0.25, -0.2) is 0 Å². The van der Waals surface area contributed by atoms with E-state index in [9.17, 15) is 0 Å². The summed E-state index contributed by atoms with van der Waals surface area (Å²) < 4.78 is 49.7. The van der Waals surface area contributed by atoms with Crippen LogP contribution in [0.5, 0.6) is 5.75 Å². The Labute approximate surface area is 92.9 Å². The highest BCUT2D eigenvalue weighted by atomic mass is 79.9. The standard InChI is InChI=1S/C9H9BrN2O/c1-12-9-6(5-11-12)7(10)3-4-8(9)13-2/h3-5H,1-2H3/i1D3,2D3. The second kappa shape index (κ2) is 3.03. The van der Waals surface area contributed by atoms with Crippen molar-refractivity contribution in [3.8, 4) is 5.75 Å². The summed E-state index contributed by atoms with van der Waals surface area (Å²) in [4.78, 5) is 0. The summed E-state index contributed by atoms with van der Waals surface area (Å²) in [5.41, 5.74) is 0.116. The van der Waals surface area contributed by atoms with Crippen molar-refractivity contribution in [3.63, 3.8) is 0 Å². The molecular formula is C9H9BrN2O. The lowest BCUT2D eigenvalue weighted by atomic mass is 10.2.